The Balaban J connectivity index is 2.55. The summed E-state index contributed by atoms with van der Waals surface area (Å²) in [4.78, 5) is 11.4. The lowest BCUT2D eigenvalue weighted by Crippen LogP contribution is -2.38. The summed E-state index contributed by atoms with van der Waals surface area (Å²) in [6, 6.07) is 3.20. The quantitative estimate of drug-likeness (QED) is 0.795. The minimum Gasteiger partial charge on any atom is -0.497 e. The molecule has 0 radical (unpaired) electrons. The molecule has 3 N–H and O–H groups in total. The molecular formula is C12H16N2O3. The standard InChI is InChI=1S/C12H16N2O3/c1-16-8-5-7-3-4-14-11(12(13)15)10(7)9(6-8)17-2/h5-6,11,14H,3-4H2,1-2H3,(H2,13,15). The smallest absolute Gasteiger partial charge is 0.239 e. The third-order valence-corrected chi connectivity index (χ3v) is 2.97. The number of nitrogens with one attached hydrogen (secondary N) is 1. The number of carbonyl (C=O) groups is 1. The SMILES string of the molecule is COc1cc2c(c(OC)c1)C(C(N)=O)NCC2. The normalized spacial score (nSPS) is 18.4. The number of amides is 1. The van der Waals surface area contributed by atoms with Gasteiger partial charge in [-0.05, 0) is 18.1 Å². The van der Waals surface area contributed by atoms with Gasteiger partial charge in [0.25, 0.3) is 0 Å². The second-order valence-corrected chi connectivity index (χ2v) is 3.94. The molecule has 0 bridgehead atoms. The summed E-state index contributed by atoms with van der Waals surface area (Å²) in [5.74, 6) is 0.968. The first-order valence-corrected chi connectivity index (χ1v) is 5.45. The molecule has 1 aromatic carbocycles. The van der Waals surface area contributed by atoms with E-state index in [0.29, 0.717) is 5.75 Å². The molecule has 17 heavy (non-hydrogen) atoms. The fourth-order valence-corrected chi connectivity index (χ4v) is 2.17. The molecule has 0 aromatic heterocycles. The van der Waals surface area contributed by atoms with Crippen molar-refractivity contribution in [2.45, 2.75) is 12.5 Å². The number of primary amides is 1. The Morgan fingerprint density at radius 3 is 2.76 bits per heavy atom. The van der Waals surface area contributed by atoms with Gasteiger partial charge in [0.15, 0.2) is 0 Å². The van der Waals surface area contributed by atoms with Gasteiger partial charge in [-0.2, -0.15) is 0 Å². The lowest BCUT2D eigenvalue weighted by Gasteiger charge is -2.26. The van der Waals surface area contributed by atoms with Crippen molar-refractivity contribution in [1.82, 2.24) is 5.32 Å². The molecular weight excluding hydrogens is 220 g/mol. The summed E-state index contributed by atoms with van der Waals surface area (Å²) in [5, 5.41) is 3.09. The number of fused-ring (bicyclic) bond motifs is 1. The van der Waals surface area contributed by atoms with Crippen molar-refractivity contribution >= 4 is 5.91 Å². The average Bonchev–Trinajstić information content (AvgIpc) is 2.36. The van der Waals surface area contributed by atoms with E-state index in [9.17, 15) is 4.79 Å². The van der Waals surface area contributed by atoms with Gasteiger partial charge in [0, 0.05) is 18.2 Å². The van der Waals surface area contributed by atoms with Crippen LogP contribution >= 0.6 is 0 Å². The molecule has 0 saturated heterocycles. The number of carbonyl (C=O) groups excluding carboxylic acids is 1. The first-order valence-electron chi connectivity index (χ1n) is 5.45. The molecule has 2 rings (SSSR count). The fourth-order valence-electron chi connectivity index (χ4n) is 2.17. The molecule has 1 heterocycles. The van der Waals surface area contributed by atoms with Crippen LogP contribution in [0, 0.1) is 0 Å². The predicted molar refractivity (Wildman–Crippen MR) is 63.2 cm³/mol. The molecule has 5 heteroatoms. The predicted octanol–water partition coefficient (Wildman–Crippen LogP) is 0.376. The second kappa shape index (κ2) is 4.63. The highest BCUT2D eigenvalue weighted by molar-refractivity contribution is 5.83. The number of benzene rings is 1. The van der Waals surface area contributed by atoms with Crippen molar-refractivity contribution < 1.29 is 14.3 Å². The van der Waals surface area contributed by atoms with Crippen molar-refractivity contribution in [3.05, 3.63) is 23.3 Å². The van der Waals surface area contributed by atoms with Crippen molar-refractivity contribution in [3.63, 3.8) is 0 Å². The average molecular weight is 236 g/mol. The van der Waals surface area contributed by atoms with E-state index in [0.717, 1.165) is 29.8 Å². The molecule has 1 amide bonds. The van der Waals surface area contributed by atoms with E-state index in [1.807, 2.05) is 6.07 Å². The lowest BCUT2D eigenvalue weighted by atomic mass is 9.92. The van der Waals surface area contributed by atoms with E-state index in [2.05, 4.69) is 5.32 Å². The van der Waals surface area contributed by atoms with Crippen LogP contribution in [-0.2, 0) is 11.2 Å². The van der Waals surface area contributed by atoms with Crippen LogP contribution in [0.4, 0.5) is 0 Å². The van der Waals surface area contributed by atoms with Gasteiger partial charge >= 0.3 is 0 Å². The molecule has 5 nitrogen and oxygen atoms in total. The molecule has 0 saturated carbocycles. The van der Waals surface area contributed by atoms with E-state index in [1.165, 1.54) is 0 Å². The van der Waals surface area contributed by atoms with Crippen LogP contribution < -0.4 is 20.5 Å². The van der Waals surface area contributed by atoms with Gasteiger partial charge < -0.3 is 20.5 Å². The Morgan fingerprint density at radius 2 is 2.18 bits per heavy atom. The summed E-state index contributed by atoms with van der Waals surface area (Å²) in [6.45, 7) is 0.719. The molecule has 0 aliphatic carbocycles. The third kappa shape index (κ3) is 2.06. The number of methoxy groups -OCH3 is 2. The van der Waals surface area contributed by atoms with Crippen LogP contribution in [0.15, 0.2) is 12.1 Å². The maximum Gasteiger partial charge on any atom is 0.239 e. The van der Waals surface area contributed by atoms with Gasteiger partial charge in [-0.25, -0.2) is 0 Å². The number of ether oxygens (including phenoxy) is 2. The molecule has 0 fully saturated rings. The minimum absolute atomic E-state index is 0.394. The van der Waals surface area contributed by atoms with E-state index in [1.54, 1.807) is 20.3 Å². The van der Waals surface area contributed by atoms with E-state index < -0.39 is 11.9 Å². The lowest BCUT2D eigenvalue weighted by molar-refractivity contribution is -0.120. The van der Waals surface area contributed by atoms with E-state index in [4.69, 9.17) is 15.2 Å². The summed E-state index contributed by atoms with van der Waals surface area (Å²) < 4.78 is 10.5. The second-order valence-electron chi connectivity index (χ2n) is 3.94. The molecule has 1 aliphatic heterocycles. The van der Waals surface area contributed by atoms with Crippen LogP contribution in [0.25, 0.3) is 0 Å². The van der Waals surface area contributed by atoms with Gasteiger partial charge in [0.2, 0.25) is 5.91 Å². The maximum absolute atomic E-state index is 11.4. The highest BCUT2D eigenvalue weighted by atomic mass is 16.5. The van der Waals surface area contributed by atoms with Crippen molar-refractivity contribution in [3.8, 4) is 11.5 Å². The van der Waals surface area contributed by atoms with Gasteiger partial charge in [0.05, 0.1) is 14.2 Å². The summed E-state index contributed by atoms with van der Waals surface area (Å²) in [6.07, 6.45) is 0.826. The minimum atomic E-state index is -0.486. The van der Waals surface area contributed by atoms with Crippen molar-refractivity contribution in [1.29, 1.82) is 0 Å². The van der Waals surface area contributed by atoms with Crippen LogP contribution in [0.1, 0.15) is 17.2 Å². The molecule has 1 aliphatic rings. The Kier molecular flexibility index (Phi) is 3.19. The fraction of sp³-hybridized carbons (Fsp3) is 0.417. The zero-order valence-electron chi connectivity index (χ0n) is 9.95. The molecule has 1 unspecified atom stereocenters. The van der Waals surface area contributed by atoms with Gasteiger partial charge in [-0.15, -0.1) is 0 Å². The summed E-state index contributed by atoms with van der Waals surface area (Å²) >= 11 is 0. The number of nitrogens with two attached hydrogens (primary N) is 1. The van der Waals surface area contributed by atoms with Gasteiger partial charge in [-0.3, -0.25) is 4.79 Å². The van der Waals surface area contributed by atoms with Crippen LogP contribution in [0.5, 0.6) is 11.5 Å². The van der Waals surface area contributed by atoms with E-state index >= 15 is 0 Å². The molecule has 1 aromatic rings. The van der Waals surface area contributed by atoms with Crippen molar-refractivity contribution in [2.24, 2.45) is 5.73 Å². The Morgan fingerprint density at radius 1 is 1.41 bits per heavy atom. The summed E-state index contributed by atoms with van der Waals surface area (Å²) in [7, 11) is 3.18. The molecule has 1 atom stereocenters. The Hall–Kier alpha value is -1.75. The topological polar surface area (TPSA) is 73.6 Å². The monoisotopic (exact) mass is 236 g/mol. The summed E-state index contributed by atoms with van der Waals surface area (Å²) in [5.41, 5.74) is 7.26. The molecule has 92 valence electrons. The zero-order chi connectivity index (χ0) is 12.4. The third-order valence-electron chi connectivity index (χ3n) is 2.97. The van der Waals surface area contributed by atoms with Gasteiger partial charge in [0.1, 0.15) is 17.5 Å². The van der Waals surface area contributed by atoms with Gasteiger partial charge in [-0.1, -0.05) is 0 Å². The maximum atomic E-state index is 11.4. The Labute approximate surface area is 99.9 Å². The number of hydrogen-bond donors (Lipinski definition) is 2. The van der Waals surface area contributed by atoms with E-state index in [-0.39, 0.29) is 0 Å². The van der Waals surface area contributed by atoms with Crippen molar-refractivity contribution in [2.75, 3.05) is 20.8 Å². The molecule has 0 spiro atoms. The number of rotatable bonds is 3. The Bertz CT molecular complexity index is 428. The highest BCUT2D eigenvalue weighted by Crippen LogP contribution is 2.35. The highest BCUT2D eigenvalue weighted by Gasteiger charge is 2.28. The largest absolute Gasteiger partial charge is 0.497 e. The number of hydrogen-bond acceptors (Lipinski definition) is 4. The first kappa shape index (κ1) is 11.7. The van der Waals surface area contributed by atoms with Crippen LogP contribution in [-0.4, -0.2) is 26.7 Å². The van der Waals surface area contributed by atoms with Crippen LogP contribution in [0.3, 0.4) is 0 Å². The van der Waals surface area contributed by atoms with Crippen LogP contribution in [0.2, 0.25) is 0 Å². The zero-order valence-corrected chi connectivity index (χ0v) is 9.95. The first-order chi connectivity index (χ1) is 8.17.